The van der Waals surface area contributed by atoms with Crippen molar-refractivity contribution in [2.75, 3.05) is 46.9 Å². The molecule has 0 unspecified atom stereocenters. The maximum atomic E-state index is 5.07. The van der Waals surface area contributed by atoms with Crippen LogP contribution in [0.2, 0.25) is 0 Å². The molecule has 0 aromatic carbocycles. The van der Waals surface area contributed by atoms with E-state index in [-0.39, 0.29) is 24.0 Å². The largest absolute Gasteiger partial charge is 0.385 e. The Morgan fingerprint density at radius 3 is 2.78 bits per heavy atom. The van der Waals surface area contributed by atoms with Crippen LogP contribution in [-0.2, 0) is 11.3 Å². The van der Waals surface area contributed by atoms with Gasteiger partial charge >= 0.3 is 0 Å². The average molecular weight is 455 g/mol. The standard InChI is InChI=1S/C15H29N5OS.HI/c1-5-16-15(18-11-14-13(2)19-12-22-14)17-7-9-20(3)8-6-10-21-4;/h12H,5-11H2,1-4H3,(H2,16,17,18);1H. The van der Waals surface area contributed by atoms with Gasteiger partial charge in [0.2, 0.25) is 0 Å². The summed E-state index contributed by atoms with van der Waals surface area (Å²) in [5, 5.41) is 6.65. The van der Waals surface area contributed by atoms with Crippen LogP contribution in [-0.4, -0.2) is 62.8 Å². The maximum absolute atomic E-state index is 5.07. The summed E-state index contributed by atoms with van der Waals surface area (Å²) >= 11 is 1.66. The highest BCUT2D eigenvalue weighted by molar-refractivity contribution is 14.0. The molecule has 0 aliphatic carbocycles. The van der Waals surface area contributed by atoms with E-state index in [0.717, 1.165) is 50.9 Å². The Kier molecular flexibility index (Phi) is 13.7. The maximum Gasteiger partial charge on any atom is 0.191 e. The zero-order valence-corrected chi connectivity index (χ0v) is 17.7. The van der Waals surface area contributed by atoms with Crippen LogP contribution in [0, 0.1) is 6.92 Å². The fourth-order valence-electron chi connectivity index (χ4n) is 1.93. The first-order chi connectivity index (χ1) is 10.7. The monoisotopic (exact) mass is 455 g/mol. The van der Waals surface area contributed by atoms with E-state index in [2.05, 4.69) is 39.5 Å². The smallest absolute Gasteiger partial charge is 0.191 e. The molecule has 0 atom stereocenters. The lowest BCUT2D eigenvalue weighted by Gasteiger charge is -2.18. The Balaban J connectivity index is 0.00000484. The van der Waals surface area contributed by atoms with Crippen LogP contribution >= 0.6 is 35.3 Å². The second-order valence-corrected chi connectivity index (χ2v) is 6.07. The Morgan fingerprint density at radius 1 is 1.39 bits per heavy atom. The summed E-state index contributed by atoms with van der Waals surface area (Å²) in [7, 11) is 3.87. The number of ether oxygens (including phenoxy) is 1. The van der Waals surface area contributed by atoms with Gasteiger partial charge < -0.3 is 20.3 Å². The van der Waals surface area contributed by atoms with Crippen molar-refractivity contribution in [3.8, 4) is 0 Å². The molecular formula is C15H30IN5OS. The van der Waals surface area contributed by atoms with Crippen LogP contribution < -0.4 is 10.6 Å². The molecule has 23 heavy (non-hydrogen) atoms. The highest BCUT2D eigenvalue weighted by atomic mass is 127. The van der Waals surface area contributed by atoms with E-state index in [0.29, 0.717) is 6.54 Å². The molecule has 8 heteroatoms. The zero-order chi connectivity index (χ0) is 16.2. The number of hydrogen-bond donors (Lipinski definition) is 2. The first kappa shape index (κ1) is 22.6. The lowest BCUT2D eigenvalue weighted by Crippen LogP contribution is -2.41. The van der Waals surface area contributed by atoms with Crippen molar-refractivity contribution in [3.63, 3.8) is 0 Å². The Morgan fingerprint density at radius 2 is 2.17 bits per heavy atom. The van der Waals surface area contributed by atoms with Crippen molar-refractivity contribution >= 4 is 41.3 Å². The van der Waals surface area contributed by atoms with Crippen LogP contribution in [0.5, 0.6) is 0 Å². The van der Waals surface area contributed by atoms with Gasteiger partial charge in [-0.05, 0) is 27.3 Å². The molecule has 1 aromatic rings. The quantitative estimate of drug-likeness (QED) is 0.245. The summed E-state index contributed by atoms with van der Waals surface area (Å²) in [6, 6.07) is 0. The third kappa shape index (κ3) is 10.1. The molecule has 0 saturated heterocycles. The number of nitrogens with one attached hydrogen (secondary N) is 2. The topological polar surface area (TPSA) is 61.8 Å². The van der Waals surface area contributed by atoms with Crippen molar-refractivity contribution in [1.82, 2.24) is 20.5 Å². The fourth-order valence-corrected chi connectivity index (χ4v) is 2.63. The highest BCUT2D eigenvalue weighted by Crippen LogP contribution is 2.12. The minimum atomic E-state index is 0. The van der Waals surface area contributed by atoms with Crippen LogP contribution in [0.25, 0.3) is 0 Å². The number of aromatic nitrogens is 1. The third-order valence-electron chi connectivity index (χ3n) is 3.24. The van der Waals surface area contributed by atoms with E-state index in [9.17, 15) is 0 Å². The van der Waals surface area contributed by atoms with Gasteiger partial charge in [-0.2, -0.15) is 0 Å². The molecule has 0 radical (unpaired) electrons. The van der Waals surface area contributed by atoms with Gasteiger partial charge in [-0.3, -0.25) is 0 Å². The zero-order valence-electron chi connectivity index (χ0n) is 14.6. The Hall–Kier alpha value is -0.450. The number of rotatable bonds is 10. The minimum absolute atomic E-state index is 0. The van der Waals surface area contributed by atoms with Crippen molar-refractivity contribution in [2.45, 2.75) is 26.8 Å². The molecule has 0 fully saturated rings. The van der Waals surface area contributed by atoms with Gasteiger partial charge in [0.05, 0.1) is 17.7 Å². The van der Waals surface area contributed by atoms with Gasteiger partial charge in [0, 0.05) is 44.8 Å². The molecular weight excluding hydrogens is 425 g/mol. The van der Waals surface area contributed by atoms with Gasteiger partial charge in [0.25, 0.3) is 0 Å². The molecule has 1 heterocycles. The SMILES string of the molecule is CCNC(=NCc1scnc1C)NCCN(C)CCCOC.I. The summed E-state index contributed by atoms with van der Waals surface area (Å²) < 4.78 is 5.07. The number of aryl methyl sites for hydroxylation is 1. The first-order valence-corrected chi connectivity index (χ1v) is 8.64. The molecule has 0 aliphatic rings. The van der Waals surface area contributed by atoms with Crippen molar-refractivity contribution in [3.05, 3.63) is 16.1 Å². The summed E-state index contributed by atoms with van der Waals surface area (Å²) in [5.74, 6) is 0.862. The Bertz CT molecular complexity index is 441. The number of thiazole rings is 1. The average Bonchev–Trinajstić information content (AvgIpc) is 2.90. The van der Waals surface area contributed by atoms with Gasteiger partial charge in [-0.1, -0.05) is 0 Å². The van der Waals surface area contributed by atoms with Gasteiger partial charge in [0.15, 0.2) is 5.96 Å². The van der Waals surface area contributed by atoms with Crippen LogP contribution in [0.15, 0.2) is 10.5 Å². The van der Waals surface area contributed by atoms with Crippen LogP contribution in [0.1, 0.15) is 23.9 Å². The van der Waals surface area contributed by atoms with Crippen molar-refractivity contribution in [1.29, 1.82) is 0 Å². The molecule has 6 nitrogen and oxygen atoms in total. The molecule has 0 aliphatic heterocycles. The van der Waals surface area contributed by atoms with E-state index >= 15 is 0 Å². The molecule has 1 rings (SSSR count). The van der Waals surface area contributed by atoms with Gasteiger partial charge in [-0.15, -0.1) is 35.3 Å². The van der Waals surface area contributed by atoms with Crippen LogP contribution in [0.3, 0.4) is 0 Å². The molecule has 2 N–H and O–H groups in total. The number of halogens is 1. The molecule has 0 spiro atoms. The second-order valence-electron chi connectivity index (χ2n) is 5.13. The number of likely N-dealkylation sites (N-methyl/N-ethyl adjacent to an activating group) is 1. The van der Waals surface area contributed by atoms with E-state index in [1.165, 1.54) is 4.88 Å². The first-order valence-electron chi connectivity index (χ1n) is 7.76. The number of guanidine groups is 1. The minimum Gasteiger partial charge on any atom is -0.385 e. The predicted octanol–water partition coefficient (Wildman–Crippen LogP) is 2.09. The number of methoxy groups -OCH3 is 1. The summed E-state index contributed by atoms with van der Waals surface area (Å²) in [5.41, 5.74) is 2.94. The van der Waals surface area contributed by atoms with E-state index < -0.39 is 0 Å². The lowest BCUT2D eigenvalue weighted by atomic mass is 10.4. The second kappa shape index (κ2) is 13.9. The van der Waals surface area contributed by atoms with E-state index in [4.69, 9.17) is 4.74 Å². The third-order valence-corrected chi connectivity index (χ3v) is 4.16. The summed E-state index contributed by atoms with van der Waals surface area (Å²) in [6.07, 6.45) is 1.06. The molecule has 1 aromatic heterocycles. The van der Waals surface area contributed by atoms with Crippen LogP contribution in [0.4, 0.5) is 0 Å². The molecule has 134 valence electrons. The number of hydrogen-bond acceptors (Lipinski definition) is 5. The van der Waals surface area contributed by atoms with Gasteiger partial charge in [0.1, 0.15) is 0 Å². The normalized spacial score (nSPS) is 11.4. The molecule has 0 amide bonds. The predicted molar refractivity (Wildman–Crippen MR) is 109 cm³/mol. The van der Waals surface area contributed by atoms with Gasteiger partial charge in [-0.25, -0.2) is 9.98 Å². The highest BCUT2D eigenvalue weighted by Gasteiger charge is 2.03. The van der Waals surface area contributed by atoms with E-state index in [1.54, 1.807) is 18.4 Å². The number of nitrogens with zero attached hydrogens (tertiary/aromatic N) is 3. The fraction of sp³-hybridized carbons (Fsp3) is 0.733. The molecule has 0 bridgehead atoms. The summed E-state index contributed by atoms with van der Waals surface area (Å²) in [6.45, 7) is 9.35. The van der Waals surface area contributed by atoms with Crippen molar-refractivity contribution in [2.24, 2.45) is 4.99 Å². The van der Waals surface area contributed by atoms with Crippen molar-refractivity contribution < 1.29 is 4.74 Å². The lowest BCUT2D eigenvalue weighted by molar-refractivity contribution is 0.180. The summed E-state index contributed by atoms with van der Waals surface area (Å²) in [4.78, 5) is 12.4. The van der Waals surface area contributed by atoms with E-state index in [1.807, 2.05) is 12.4 Å². The number of aliphatic imine (C=N–C) groups is 1. The molecule has 0 saturated carbocycles. The Labute approximate surface area is 161 Å².